The van der Waals surface area contributed by atoms with Gasteiger partial charge in [0, 0.05) is 6.20 Å². The lowest BCUT2D eigenvalue weighted by Crippen LogP contribution is -2.29. The molecule has 70 valence electrons. The lowest BCUT2D eigenvalue weighted by Gasteiger charge is -2.25. The molecule has 13 heavy (non-hydrogen) atoms. The van der Waals surface area contributed by atoms with Crippen molar-refractivity contribution in [3.05, 3.63) is 22.1 Å². The summed E-state index contributed by atoms with van der Waals surface area (Å²) in [5.74, 6) is -1.17. The van der Waals surface area contributed by atoms with Crippen molar-refractivity contribution < 1.29 is 9.90 Å². The van der Waals surface area contributed by atoms with Crippen LogP contribution in [0.4, 0.5) is 0 Å². The quantitative estimate of drug-likeness (QED) is 0.703. The maximum absolute atomic E-state index is 11.4. The molecule has 1 fully saturated rings. The topological polar surface area (TPSA) is 75.1 Å². The number of carboxylic acids is 1. The van der Waals surface area contributed by atoms with E-state index in [1.807, 2.05) is 0 Å². The maximum atomic E-state index is 11.4. The Labute approximate surface area is 74.0 Å². The van der Waals surface area contributed by atoms with Gasteiger partial charge >= 0.3 is 5.97 Å². The third-order valence-corrected chi connectivity index (χ3v) is 2.47. The number of carboxylic acid groups (broad SMARTS) is 1. The van der Waals surface area contributed by atoms with Crippen LogP contribution in [0.3, 0.4) is 0 Å². The molecule has 0 atom stereocenters. The van der Waals surface area contributed by atoms with Crippen LogP contribution in [0.15, 0.2) is 11.0 Å². The first-order valence-corrected chi connectivity index (χ1v) is 4.23. The van der Waals surface area contributed by atoms with E-state index in [1.54, 1.807) is 0 Å². The van der Waals surface area contributed by atoms with Crippen LogP contribution in [0.1, 0.15) is 35.7 Å². The Kier molecular flexibility index (Phi) is 1.72. The predicted molar refractivity (Wildman–Crippen MR) is 44.9 cm³/mol. The van der Waals surface area contributed by atoms with Crippen LogP contribution in [0.2, 0.25) is 0 Å². The van der Waals surface area contributed by atoms with Crippen LogP contribution in [-0.4, -0.2) is 20.9 Å². The number of aromatic carboxylic acids is 1. The Morgan fingerprint density at radius 1 is 1.62 bits per heavy atom. The fraction of sp³-hybridized carbons (Fsp3) is 0.500. The van der Waals surface area contributed by atoms with E-state index in [2.05, 4.69) is 5.10 Å². The zero-order valence-corrected chi connectivity index (χ0v) is 6.99. The Hall–Kier alpha value is -1.52. The number of nitrogens with zero attached hydrogens (tertiary/aromatic N) is 1. The number of hydrogen-bond acceptors (Lipinski definition) is 2. The van der Waals surface area contributed by atoms with Gasteiger partial charge in [0.05, 0.1) is 6.04 Å². The average molecular weight is 182 g/mol. The minimum Gasteiger partial charge on any atom is -0.477 e. The Morgan fingerprint density at radius 2 is 2.31 bits per heavy atom. The number of aromatic nitrogens is 2. The molecule has 2 rings (SSSR count). The fourth-order valence-corrected chi connectivity index (χ4v) is 1.45. The lowest BCUT2D eigenvalue weighted by molar-refractivity contribution is 0.0695. The van der Waals surface area contributed by atoms with Gasteiger partial charge in [-0.2, -0.15) is 0 Å². The highest BCUT2D eigenvalue weighted by molar-refractivity contribution is 5.86. The van der Waals surface area contributed by atoms with E-state index in [0.29, 0.717) is 0 Å². The Balaban J connectivity index is 2.38. The van der Waals surface area contributed by atoms with Gasteiger partial charge in [0.25, 0.3) is 5.56 Å². The smallest absolute Gasteiger partial charge is 0.342 e. The highest BCUT2D eigenvalue weighted by Gasteiger charge is 2.23. The number of nitrogens with one attached hydrogen (secondary N) is 1. The molecule has 1 saturated carbocycles. The summed E-state index contributed by atoms with van der Waals surface area (Å²) in [6.07, 6.45) is 4.28. The minimum atomic E-state index is -1.17. The van der Waals surface area contributed by atoms with E-state index in [9.17, 15) is 9.59 Å². The van der Waals surface area contributed by atoms with Crippen molar-refractivity contribution in [2.24, 2.45) is 0 Å². The van der Waals surface area contributed by atoms with Gasteiger partial charge in [0.15, 0.2) is 0 Å². The molecular weight excluding hydrogens is 172 g/mol. The molecule has 0 aliphatic heterocycles. The third-order valence-electron chi connectivity index (χ3n) is 2.47. The highest BCUT2D eigenvalue weighted by atomic mass is 16.4. The van der Waals surface area contributed by atoms with Crippen molar-refractivity contribution in [1.29, 1.82) is 0 Å². The van der Waals surface area contributed by atoms with Gasteiger partial charge in [-0.25, -0.2) is 9.48 Å². The number of hydrogen-bond donors (Lipinski definition) is 2. The molecule has 0 radical (unpaired) electrons. The van der Waals surface area contributed by atoms with Gasteiger partial charge in [0.1, 0.15) is 5.56 Å². The summed E-state index contributed by atoms with van der Waals surface area (Å²) >= 11 is 0. The highest BCUT2D eigenvalue weighted by Crippen LogP contribution is 2.29. The molecule has 1 aromatic rings. The summed E-state index contributed by atoms with van der Waals surface area (Å²) in [6.45, 7) is 0. The van der Waals surface area contributed by atoms with Gasteiger partial charge in [-0.05, 0) is 19.3 Å². The first-order chi connectivity index (χ1) is 6.20. The first kappa shape index (κ1) is 8.10. The lowest BCUT2D eigenvalue weighted by atomic mass is 9.93. The molecule has 5 nitrogen and oxygen atoms in total. The molecular formula is C8H10N2O3. The van der Waals surface area contributed by atoms with Crippen molar-refractivity contribution >= 4 is 5.97 Å². The van der Waals surface area contributed by atoms with E-state index < -0.39 is 11.5 Å². The third kappa shape index (κ3) is 1.16. The summed E-state index contributed by atoms with van der Waals surface area (Å²) in [6, 6.07) is 0.181. The fourth-order valence-electron chi connectivity index (χ4n) is 1.45. The molecule has 1 aromatic heterocycles. The van der Waals surface area contributed by atoms with Crippen LogP contribution < -0.4 is 5.56 Å². The standard InChI is InChI=1S/C8H10N2O3/c11-7-6(8(12)13)4-9-10(7)5-2-1-3-5/h4-5,9H,1-3H2,(H,12,13). The number of H-pyrrole nitrogens is 1. The summed E-state index contributed by atoms with van der Waals surface area (Å²) in [4.78, 5) is 21.9. The molecule has 0 unspecified atom stereocenters. The van der Waals surface area contributed by atoms with E-state index in [0.717, 1.165) is 19.3 Å². The van der Waals surface area contributed by atoms with E-state index in [4.69, 9.17) is 5.11 Å². The normalized spacial score (nSPS) is 16.9. The van der Waals surface area contributed by atoms with Crippen molar-refractivity contribution in [2.75, 3.05) is 0 Å². The number of carbonyl (C=O) groups is 1. The zero-order valence-electron chi connectivity index (χ0n) is 6.99. The van der Waals surface area contributed by atoms with Crippen LogP contribution in [0.25, 0.3) is 0 Å². The summed E-state index contributed by atoms with van der Waals surface area (Å²) in [5, 5.41) is 11.3. The Bertz CT molecular complexity index is 386. The van der Waals surface area contributed by atoms with E-state index in [-0.39, 0.29) is 11.6 Å². The summed E-state index contributed by atoms with van der Waals surface area (Å²) in [5.41, 5.74) is -0.593. The number of rotatable bonds is 2. The average Bonchev–Trinajstić information content (AvgIpc) is 2.29. The molecule has 0 amide bonds. The second-order valence-electron chi connectivity index (χ2n) is 3.25. The van der Waals surface area contributed by atoms with Gasteiger partial charge in [-0.3, -0.25) is 4.79 Å². The SMILES string of the molecule is O=C(O)c1c[nH]n(C2CCC2)c1=O. The number of aromatic amines is 1. The minimum absolute atomic E-state index is 0.174. The van der Waals surface area contributed by atoms with E-state index in [1.165, 1.54) is 10.9 Å². The predicted octanol–water partition coefficient (Wildman–Crippen LogP) is 0.600. The van der Waals surface area contributed by atoms with Crippen LogP contribution >= 0.6 is 0 Å². The molecule has 0 bridgehead atoms. The van der Waals surface area contributed by atoms with E-state index >= 15 is 0 Å². The molecule has 0 aromatic carbocycles. The maximum Gasteiger partial charge on any atom is 0.342 e. The van der Waals surface area contributed by atoms with Gasteiger partial charge < -0.3 is 10.2 Å². The second kappa shape index (κ2) is 2.76. The van der Waals surface area contributed by atoms with Gasteiger partial charge in [-0.15, -0.1) is 0 Å². The van der Waals surface area contributed by atoms with Crippen molar-refractivity contribution in [3.63, 3.8) is 0 Å². The summed E-state index contributed by atoms with van der Waals surface area (Å²) in [7, 11) is 0. The molecule has 1 heterocycles. The molecule has 1 aliphatic rings. The molecule has 0 saturated heterocycles. The zero-order chi connectivity index (χ0) is 9.42. The molecule has 0 spiro atoms. The van der Waals surface area contributed by atoms with Crippen molar-refractivity contribution in [2.45, 2.75) is 25.3 Å². The monoisotopic (exact) mass is 182 g/mol. The van der Waals surface area contributed by atoms with Crippen LogP contribution in [0.5, 0.6) is 0 Å². The Morgan fingerprint density at radius 3 is 2.69 bits per heavy atom. The van der Waals surface area contributed by atoms with Crippen LogP contribution in [-0.2, 0) is 0 Å². The largest absolute Gasteiger partial charge is 0.477 e. The molecule has 5 heteroatoms. The van der Waals surface area contributed by atoms with Gasteiger partial charge in [0.2, 0.25) is 0 Å². The van der Waals surface area contributed by atoms with Crippen LogP contribution in [0, 0.1) is 0 Å². The first-order valence-electron chi connectivity index (χ1n) is 4.23. The second-order valence-corrected chi connectivity index (χ2v) is 3.25. The van der Waals surface area contributed by atoms with Crippen molar-refractivity contribution in [3.8, 4) is 0 Å². The van der Waals surface area contributed by atoms with Crippen molar-refractivity contribution in [1.82, 2.24) is 9.78 Å². The van der Waals surface area contributed by atoms with Gasteiger partial charge in [-0.1, -0.05) is 0 Å². The molecule has 2 N–H and O–H groups in total. The molecule has 1 aliphatic carbocycles. The summed E-state index contributed by atoms with van der Waals surface area (Å²) < 4.78 is 1.41.